The highest BCUT2D eigenvalue weighted by Crippen LogP contribution is 2.39. The minimum Gasteiger partial charge on any atom is -0.492 e. The van der Waals surface area contributed by atoms with Gasteiger partial charge in [0.25, 0.3) is 5.91 Å². The summed E-state index contributed by atoms with van der Waals surface area (Å²) < 4.78 is 36.9. The quantitative estimate of drug-likeness (QED) is 0.178. The molecular weight excluding hydrogens is 679 g/mol. The van der Waals surface area contributed by atoms with Crippen molar-refractivity contribution in [3.8, 4) is 5.75 Å². The maximum absolute atomic E-state index is 13.8. The van der Waals surface area contributed by atoms with E-state index in [2.05, 4.69) is 90.6 Å². The van der Waals surface area contributed by atoms with E-state index in [1.807, 2.05) is 57.1 Å². The second-order valence-corrected chi connectivity index (χ2v) is 16.3. The molecule has 1 amide bonds. The molecule has 0 saturated carbocycles. The number of nitrogens with zero attached hydrogens (tertiary/aromatic N) is 5. The van der Waals surface area contributed by atoms with Crippen molar-refractivity contribution in [2.75, 3.05) is 59.5 Å². The van der Waals surface area contributed by atoms with Crippen LogP contribution >= 0.6 is 0 Å². The van der Waals surface area contributed by atoms with Crippen LogP contribution in [0, 0.1) is 6.92 Å². The first kappa shape index (κ1) is 36.7. The number of amides is 1. The monoisotopic (exact) mass is 728 g/mol. The van der Waals surface area contributed by atoms with Crippen molar-refractivity contribution in [2.45, 2.75) is 39.7 Å². The van der Waals surface area contributed by atoms with Crippen molar-refractivity contribution in [2.24, 2.45) is 14.1 Å². The average molecular weight is 729 g/mol. The molecule has 0 unspecified atom stereocenters. The number of sulfonamides is 1. The number of carbonyl (C=O) groups is 1. The summed E-state index contributed by atoms with van der Waals surface area (Å²) >= 11 is 0. The van der Waals surface area contributed by atoms with E-state index in [0.29, 0.717) is 11.3 Å². The van der Waals surface area contributed by atoms with Crippen LogP contribution in [-0.4, -0.2) is 63.3 Å². The number of methoxy groups -OCH3 is 1. The lowest BCUT2D eigenvalue weighted by Gasteiger charge is -2.32. The van der Waals surface area contributed by atoms with Gasteiger partial charge in [-0.05, 0) is 53.3 Å². The molecule has 4 aromatic rings. The van der Waals surface area contributed by atoms with Gasteiger partial charge < -0.3 is 10.1 Å². The summed E-state index contributed by atoms with van der Waals surface area (Å²) in [6, 6.07) is 19.7. The molecule has 2 aliphatic heterocycles. The SMILES string of the molecule is COc1c(NC(=O)c2ccc(C)c(N3C=C(c4c[n+](C)c(N5CCN(Cc6ccccc6)CC5)n4C)NN3)c2)cc(C(C)(C)C)cc1NS(C)(=O)=O. The number of hydrogen-bond donors (Lipinski definition) is 4. The molecule has 14 heteroatoms. The summed E-state index contributed by atoms with van der Waals surface area (Å²) in [5.41, 5.74) is 13.1. The Morgan fingerprint density at radius 2 is 1.69 bits per heavy atom. The largest absolute Gasteiger partial charge is 0.492 e. The lowest BCUT2D eigenvalue weighted by molar-refractivity contribution is -0.658. The maximum Gasteiger partial charge on any atom is 0.359 e. The van der Waals surface area contributed by atoms with Gasteiger partial charge in [0.1, 0.15) is 11.9 Å². The molecule has 6 rings (SSSR count). The molecule has 1 fully saturated rings. The first-order chi connectivity index (χ1) is 24.6. The third kappa shape index (κ3) is 8.04. The van der Waals surface area contributed by atoms with Gasteiger partial charge in [-0.15, -0.1) is 5.53 Å². The van der Waals surface area contributed by atoms with Gasteiger partial charge in [0, 0.05) is 25.2 Å². The molecule has 4 N–H and O–H groups in total. The lowest BCUT2D eigenvalue weighted by atomic mass is 9.86. The number of nitrogens with one attached hydrogen (secondary N) is 4. The van der Waals surface area contributed by atoms with Crippen molar-refractivity contribution in [3.63, 3.8) is 0 Å². The average Bonchev–Trinajstić information content (AvgIpc) is 3.68. The van der Waals surface area contributed by atoms with Crippen LogP contribution in [0.3, 0.4) is 0 Å². The van der Waals surface area contributed by atoms with Crippen LogP contribution in [0.1, 0.15) is 53.5 Å². The van der Waals surface area contributed by atoms with Crippen molar-refractivity contribution < 1.29 is 22.5 Å². The normalized spacial score (nSPS) is 15.3. The topological polar surface area (TPSA) is 127 Å². The first-order valence-electron chi connectivity index (χ1n) is 17.3. The number of piperazine rings is 1. The molecular formula is C38H50N9O4S+. The number of hydrogen-bond acceptors (Lipinski definition) is 9. The van der Waals surface area contributed by atoms with Gasteiger partial charge in [-0.1, -0.05) is 57.2 Å². The molecule has 276 valence electrons. The molecule has 52 heavy (non-hydrogen) atoms. The Kier molecular flexibility index (Phi) is 10.3. The Labute approximate surface area is 306 Å². The molecule has 13 nitrogen and oxygen atoms in total. The van der Waals surface area contributed by atoms with Gasteiger partial charge in [-0.3, -0.25) is 29.8 Å². The van der Waals surface area contributed by atoms with Crippen molar-refractivity contribution in [1.82, 2.24) is 20.4 Å². The van der Waals surface area contributed by atoms with E-state index in [0.717, 1.165) is 73.1 Å². The predicted molar refractivity (Wildman–Crippen MR) is 207 cm³/mol. The van der Waals surface area contributed by atoms with E-state index in [4.69, 9.17) is 4.74 Å². The minimum atomic E-state index is -3.61. The molecule has 0 bridgehead atoms. The molecule has 1 saturated heterocycles. The van der Waals surface area contributed by atoms with E-state index in [9.17, 15) is 13.2 Å². The number of carbonyl (C=O) groups excluding carboxylic acids is 1. The Bertz CT molecular complexity index is 2100. The zero-order valence-electron chi connectivity index (χ0n) is 31.2. The summed E-state index contributed by atoms with van der Waals surface area (Å²) in [5.74, 6) is 0.989. The van der Waals surface area contributed by atoms with E-state index in [1.165, 1.54) is 12.7 Å². The fourth-order valence-corrected chi connectivity index (χ4v) is 7.29. The predicted octanol–water partition coefficient (Wildman–Crippen LogP) is 4.24. The Morgan fingerprint density at radius 3 is 2.35 bits per heavy atom. The number of imidazole rings is 1. The number of anilines is 4. The summed E-state index contributed by atoms with van der Waals surface area (Å²) in [5, 5.41) is 4.83. The van der Waals surface area contributed by atoms with Crippen LogP contribution in [0.4, 0.5) is 23.0 Å². The van der Waals surface area contributed by atoms with Crippen molar-refractivity contribution in [3.05, 3.63) is 101 Å². The molecule has 3 heterocycles. The standard InChI is InChI=1S/C38H49N9O4S/c1-26-14-15-28(36(48)39-30-21-29(38(2,3)4)22-31(35(30)51-7)41-52(8,49)50)20-33(26)47-24-32(40-42-47)34-25-43(5)37(44(34)6)46-18-16-45(17-19-46)23-27-12-10-9-11-13-27/h9-15,20-22,24-25,40-42H,16-19,23H2,1-8H3/p+1. The highest BCUT2D eigenvalue weighted by Gasteiger charge is 2.31. The lowest BCUT2D eigenvalue weighted by Crippen LogP contribution is -2.50. The van der Waals surface area contributed by atoms with Crippen LogP contribution in [0.25, 0.3) is 5.70 Å². The van der Waals surface area contributed by atoms with Gasteiger partial charge in [-0.2, -0.15) is 0 Å². The van der Waals surface area contributed by atoms with Gasteiger partial charge in [0.15, 0.2) is 11.4 Å². The van der Waals surface area contributed by atoms with E-state index in [1.54, 1.807) is 12.1 Å². The van der Waals surface area contributed by atoms with Crippen LogP contribution in [0.2, 0.25) is 0 Å². The van der Waals surface area contributed by atoms with Gasteiger partial charge in [0.05, 0.1) is 63.8 Å². The van der Waals surface area contributed by atoms with E-state index < -0.39 is 10.0 Å². The van der Waals surface area contributed by atoms with Crippen LogP contribution < -0.4 is 40.2 Å². The molecule has 0 radical (unpaired) electrons. The molecule has 1 aromatic heterocycles. The fourth-order valence-electron chi connectivity index (χ4n) is 6.73. The summed E-state index contributed by atoms with van der Waals surface area (Å²) in [4.78, 5) is 18.7. The van der Waals surface area contributed by atoms with Crippen molar-refractivity contribution >= 4 is 44.6 Å². The van der Waals surface area contributed by atoms with Crippen LogP contribution in [0.15, 0.2) is 73.1 Å². The molecule has 2 aliphatic rings. The van der Waals surface area contributed by atoms with Crippen LogP contribution in [0.5, 0.6) is 5.75 Å². The van der Waals surface area contributed by atoms with E-state index >= 15 is 0 Å². The minimum absolute atomic E-state index is 0.223. The zero-order chi connectivity index (χ0) is 37.4. The van der Waals surface area contributed by atoms with Gasteiger partial charge in [0.2, 0.25) is 10.0 Å². The van der Waals surface area contributed by atoms with E-state index in [-0.39, 0.29) is 22.8 Å². The number of ether oxygens (including phenoxy) is 1. The smallest absolute Gasteiger partial charge is 0.359 e. The Hall–Kier alpha value is -5.05. The number of aromatic nitrogens is 2. The van der Waals surface area contributed by atoms with Gasteiger partial charge in [-0.25, -0.2) is 17.6 Å². The van der Waals surface area contributed by atoms with Gasteiger partial charge >= 0.3 is 5.95 Å². The fraction of sp³-hybridized carbons (Fsp3) is 0.368. The first-order valence-corrected chi connectivity index (χ1v) is 19.2. The number of rotatable bonds is 10. The summed E-state index contributed by atoms with van der Waals surface area (Å²) in [7, 11) is 2.00. The second-order valence-electron chi connectivity index (χ2n) is 14.6. The highest BCUT2D eigenvalue weighted by atomic mass is 32.2. The third-order valence-corrected chi connectivity index (χ3v) is 10.1. The second kappa shape index (κ2) is 14.5. The molecule has 0 spiro atoms. The molecule has 0 aliphatic carbocycles. The third-order valence-electron chi connectivity index (χ3n) is 9.48. The van der Waals surface area contributed by atoms with Crippen LogP contribution in [-0.2, 0) is 36.1 Å². The Morgan fingerprint density at radius 1 is 1.00 bits per heavy atom. The van der Waals surface area contributed by atoms with Crippen molar-refractivity contribution in [1.29, 1.82) is 0 Å². The Balaban J connectivity index is 1.20. The zero-order valence-corrected chi connectivity index (χ0v) is 32.1. The number of hydrazine groups is 2. The number of benzene rings is 3. The number of aryl methyl sites for hydroxylation is 2. The molecule has 0 atom stereocenters. The summed E-state index contributed by atoms with van der Waals surface area (Å²) in [6.07, 6.45) is 5.19. The molecule has 3 aromatic carbocycles. The summed E-state index contributed by atoms with van der Waals surface area (Å²) in [6.45, 7) is 12.8. The highest BCUT2D eigenvalue weighted by molar-refractivity contribution is 7.92. The maximum atomic E-state index is 13.8.